The number of aliphatic imine (C=N–C) groups is 1. The quantitative estimate of drug-likeness (QED) is 0.582. The molecule has 0 bridgehead atoms. The lowest BCUT2D eigenvalue weighted by Gasteiger charge is -2.34. The molecule has 2 aromatic rings. The van der Waals surface area contributed by atoms with E-state index in [0.29, 0.717) is 12.0 Å². The van der Waals surface area contributed by atoms with E-state index in [1.807, 2.05) is 24.5 Å². The van der Waals surface area contributed by atoms with Crippen LogP contribution in [0.4, 0.5) is 10.1 Å². The molecule has 0 radical (unpaired) electrons. The van der Waals surface area contributed by atoms with E-state index in [9.17, 15) is 4.39 Å². The highest BCUT2D eigenvalue weighted by Crippen LogP contribution is 2.20. The van der Waals surface area contributed by atoms with Crippen molar-refractivity contribution in [2.45, 2.75) is 32.2 Å². The predicted octanol–water partition coefficient (Wildman–Crippen LogP) is 3.90. The summed E-state index contributed by atoms with van der Waals surface area (Å²) >= 11 is 1.82. The number of benzene rings is 1. The third kappa shape index (κ3) is 5.96. The number of piperidine rings is 1. The van der Waals surface area contributed by atoms with Crippen LogP contribution in [0.3, 0.4) is 0 Å². The molecular weight excluding hydrogens is 359 g/mol. The Kier molecular flexibility index (Phi) is 7.10. The van der Waals surface area contributed by atoms with E-state index in [0.717, 1.165) is 50.5 Å². The lowest BCUT2D eigenvalue weighted by atomic mass is 10.0. The van der Waals surface area contributed by atoms with Gasteiger partial charge < -0.3 is 15.5 Å². The first-order chi connectivity index (χ1) is 13.1. The monoisotopic (exact) mass is 388 g/mol. The van der Waals surface area contributed by atoms with E-state index in [-0.39, 0.29) is 5.82 Å². The van der Waals surface area contributed by atoms with Crippen LogP contribution in [0.1, 0.15) is 24.6 Å². The van der Waals surface area contributed by atoms with Crippen molar-refractivity contribution in [3.8, 4) is 0 Å². The number of hydrogen-bond donors (Lipinski definition) is 2. The highest BCUT2D eigenvalue weighted by molar-refractivity contribution is 7.09. The molecule has 2 heterocycles. The lowest BCUT2D eigenvalue weighted by Crippen LogP contribution is -2.49. The Morgan fingerprint density at radius 3 is 2.78 bits per heavy atom. The molecule has 1 fully saturated rings. The highest BCUT2D eigenvalue weighted by atomic mass is 32.1. The van der Waals surface area contributed by atoms with Gasteiger partial charge in [-0.3, -0.25) is 4.99 Å². The number of thiophene rings is 1. The van der Waals surface area contributed by atoms with Crippen LogP contribution in [0.25, 0.3) is 0 Å². The van der Waals surface area contributed by atoms with Crippen LogP contribution in [0.15, 0.2) is 46.8 Å². The Morgan fingerprint density at radius 1 is 1.30 bits per heavy atom. The number of rotatable bonds is 6. The van der Waals surface area contributed by atoms with Crippen LogP contribution in [-0.4, -0.2) is 38.7 Å². The molecule has 1 unspecified atom stereocenters. The minimum absolute atomic E-state index is 0.172. The van der Waals surface area contributed by atoms with Crippen molar-refractivity contribution in [1.82, 2.24) is 10.6 Å². The van der Waals surface area contributed by atoms with Crippen molar-refractivity contribution in [3.63, 3.8) is 0 Å². The maximum Gasteiger partial charge on any atom is 0.191 e. The van der Waals surface area contributed by atoms with Crippen molar-refractivity contribution in [1.29, 1.82) is 0 Å². The van der Waals surface area contributed by atoms with E-state index in [1.54, 1.807) is 12.1 Å². The molecule has 27 heavy (non-hydrogen) atoms. The van der Waals surface area contributed by atoms with Gasteiger partial charge in [0.15, 0.2) is 5.96 Å². The van der Waals surface area contributed by atoms with Gasteiger partial charge in [0, 0.05) is 43.3 Å². The number of hydrogen-bond acceptors (Lipinski definition) is 3. The molecule has 1 aromatic carbocycles. The summed E-state index contributed by atoms with van der Waals surface area (Å²) in [6, 6.07) is 11.6. The van der Waals surface area contributed by atoms with Gasteiger partial charge >= 0.3 is 0 Å². The Hall–Kier alpha value is -2.08. The van der Waals surface area contributed by atoms with E-state index in [4.69, 9.17) is 0 Å². The number of halogens is 1. The largest absolute Gasteiger partial charge is 0.371 e. The smallest absolute Gasteiger partial charge is 0.191 e. The number of anilines is 1. The van der Waals surface area contributed by atoms with Crippen LogP contribution in [0.2, 0.25) is 0 Å². The van der Waals surface area contributed by atoms with Gasteiger partial charge in [0.2, 0.25) is 0 Å². The summed E-state index contributed by atoms with van der Waals surface area (Å²) in [6.45, 7) is 5.01. The molecule has 1 atom stereocenters. The molecule has 0 spiro atoms. The summed E-state index contributed by atoms with van der Waals surface area (Å²) in [5.41, 5.74) is 0.971. The second-order valence-corrected chi connectivity index (χ2v) is 8.26. The van der Waals surface area contributed by atoms with Gasteiger partial charge in [-0.2, -0.15) is 0 Å². The van der Waals surface area contributed by atoms with Crippen molar-refractivity contribution >= 4 is 23.0 Å². The summed E-state index contributed by atoms with van der Waals surface area (Å²) in [4.78, 5) is 8.05. The first-order valence-corrected chi connectivity index (χ1v) is 10.5. The van der Waals surface area contributed by atoms with Gasteiger partial charge in [0.1, 0.15) is 5.82 Å². The molecule has 3 rings (SSSR count). The molecule has 1 saturated heterocycles. The second kappa shape index (κ2) is 9.74. The summed E-state index contributed by atoms with van der Waals surface area (Å²) in [7, 11) is 1.82. The maximum absolute atomic E-state index is 13.4. The van der Waals surface area contributed by atoms with Crippen LogP contribution < -0.4 is 15.5 Å². The minimum atomic E-state index is -0.172. The first-order valence-electron chi connectivity index (χ1n) is 9.64. The molecule has 6 heteroatoms. The average Bonchev–Trinajstić information content (AvgIpc) is 3.18. The fraction of sp³-hybridized carbons (Fsp3) is 0.476. The normalized spacial score (nSPS) is 17.0. The van der Waals surface area contributed by atoms with Gasteiger partial charge in [0.05, 0.1) is 0 Å². The van der Waals surface area contributed by atoms with Crippen LogP contribution in [0.5, 0.6) is 0 Å². The van der Waals surface area contributed by atoms with Crippen molar-refractivity contribution in [2.24, 2.45) is 10.9 Å². The van der Waals surface area contributed by atoms with E-state index in [2.05, 4.69) is 45.0 Å². The predicted molar refractivity (Wildman–Crippen MR) is 113 cm³/mol. The molecular formula is C21H29FN4S. The molecule has 4 nitrogen and oxygen atoms in total. The standard InChI is InChI=1S/C21H29FN4S/c1-16(13-20-7-4-12-27-20)15-24-21(23-2)25-18-8-10-26(11-9-18)19-6-3-5-17(22)14-19/h3-7,12,14,16,18H,8-11,13,15H2,1-2H3,(H2,23,24,25). The molecule has 0 saturated carbocycles. The van der Waals surface area contributed by atoms with Crippen molar-refractivity contribution in [2.75, 3.05) is 31.6 Å². The summed E-state index contributed by atoms with van der Waals surface area (Å²) < 4.78 is 13.4. The Morgan fingerprint density at radius 2 is 2.11 bits per heavy atom. The minimum Gasteiger partial charge on any atom is -0.371 e. The van der Waals surface area contributed by atoms with Crippen molar-refractivity contribution in [3.05, 3.63) is 52.5 Å². The summed E-state index contributed by atoms with van der Waals surface area (Å²) in [6.07, 6.45) is 3.12. The van der Waals surface area contributed by atoms with E-state index < -0.39 is 0 Å². The third-order valence-corrected chi connectivity index (χ3v) is 5.88. The molecule has 1 aliphatic heterocycles. The third-order valence-electron chi connectivity index (χ3n) is 4.98. The molecule has 1 aliphatic rings. The molecule has 0 amide bonds. The molecule has 2 N–H and O–H groups in total. The highest BCUT2D eigenvalue weighted by Gasteiger charge is 2.20. The van der Waals surface area contributed by atoms with Gasteiger partial charge in [-0.15, -0.1) is 11.3 Å². The zero-order valence-electron chi connectivity index (χ0n) is 16.1. The first kappa shape index (κ1) is 19.7. The Labute approximate surface area is 165 Å². The zero-order valence-corrected chi connectivity index (χ0v) is 16.9. The van der Waals surface area contributed by atoms with Gasteiger partial charge in [-0.05, 0) is 54.8 Å². The van der Waals surface area contributed by atoms with Gasteiger partial charge in [0.25, 0.3) is 0 Å². The fourth-order valence-corrected chi connectivity index (χ4v) is 4.33. The number of nitrogens with one attached hydrogen (secondary N) is 2. The lowest BCUT2D eigenvalue weighted by molar-refractivity contribution is 0.457. The van der Waals surface area contributed by atoms with Crippen LogP contribution in [-0.2, 0) is 6.42 Å². The molecule has 146 valence electrons. The van der Waals surface area contributed by atoms with E-state index in [1.165, 1.54) is 10.9 Å². The summed E-state index contributed by atoms with van der Waals surface area (Å²) in [5.74, 6) is 1.25. The Balaban J connectivity index is 1.41. The van der Waals surface area contributed by atoms with Crippen molar-refractivity contribution < 1.29 is 4.39 Å². The maximum atomic E-state index is 13.4. The molecule has 1 aromatic heterocycles. The topological polar surface area (TPSA) is 39.7 Å². The number of nitrogens with zero attached hydrogens (tertiary/aromatic N) is 2. The average molecular weight is 389 g/mol. The van der Waals surface area contributed by atoms with Crippen LogP contribution >= 0.6 is 11.3 Å². The SMILES string of the molecule is CN=C(NCC(C)Cc1cccs1)NC1CCN(c2cccc(F)c2)CC1. The van der Waals surface area contributed by atoms with E-state index >= 15 is 0 Å². The van der Waals surface area contributed by atoms with Gasteiger partial charge in [-0.1, -0.05) is 19.1 Å². The van der Waals surface area contributed by atoms with Gasteiger partial charge in [-0.25, -0.2) is 4.39 Å². The zero-order chi connectivity index (χ0) is 19.1. The fourth-order valence-electron chi connectivity index (χ4n) is 3.46. The second-order valence-electron chi connectivity index (χ2n) is 7.23. The Bertz CT molecular complexity index is 724. The summed E-state index contributed by atoms with van der Waals surface area (Å²) in [5, 5.41) is 9.13. The van der Waals surface area contributed by atoms with Crippen LogP contribution in [0, 0.1) is 11.7 Å². The molecule has 0 aliphatic carbocycles. The number of guanidine groups is 1.